The van der Waals surface area contributed by atoms with Crippen LogP contribution in [0.3, 0.4) is 0 Å². The maximum atomic E-state index is 11.7. The predicted octanol–water partition coefficient (Wildman–Crippen LogP) is 1.97. The molecule has 0 saturated carbocycles. The first-order chi connectivity index (χ1) is 6.96. The Hall–Kier alpha value is -1.09. The van der Waals surface area contributed by atoms with Crippen molar-refractivity contribution in [3.8, 4) is 0 Å². The quantitative estimate of drug-likeness (QED) is 0.759. The summed E-state index contributed by atoms with van der Waals surface area (Å²) in [6.07, 6.45) is 2.65. The highest BCUT2D eigenvalue weighted by molar-refractivity contribution is 5.07. The van der Waals surface area contributed by atoms with Crippen molar-refractivity contribution in [2.24, 2.45) is 0 Å². The summed E-state index contributed by atoms with van der Waals surface area (Å²) in [5.41, 5.74) is 0.695. The van der Waals surface area contributed by atoms with Gasteiger partial charge in [-0.2, -0.15) is 0 Å². The monoisotopic (exact) mass is 209 g/mol. The van der Waals surface area contributed by atoms with Gasteiger partial charge in [0.05, 0.1) is 5.60 Å². The second-order valence-electron chi connectivity index (χ2n) is 4.40. The van der Waals surface area contributed by atoms with Crippen LogP contribution in [-0.2, 0) is 11.3 Å². The Balaban J connectivity index is 2.75. The van der Waals surface area contributed by atoms with Gasteiger partial charge < -0.3 is 9.30 Å². The summed E-state index contributed by atoms with van der Waals surface area (Å²) in [5, 5.41) is 0. The zero-order valence-corrected chi connectivity index (χ0v) is 9.91. The molecule has 0 amide bonds. The van der Waals surface area contributed by atoms with Crippen LogP contribution in [0.2, 0.25) is 0 Å². The van der Waals surface area contributed by atoms with E-state index in [1.807, 2.05) is 39.1 Å². The molecule has 1 rings (SSSR count). The first-order valence-corrected chi connectivity index (χ1v) is 5.17. The van der Waals surface area contributed by atoms with Crippen molar-refractivity contribution in [1.29, 1.82) is 0 Å². The molecule has 0 aliphatic rings. The molecule has 3 heteroatoms. The second kappa shape index (κ2) is 4.62. The number of ether oxygens (including phenoxy) is 1. The molecule has 1 heterocycles. The van der Waals surface area contributed by atoms with E-state index in [2.05, 4.69) is 0 Å². The van der Waals surface area contributed by atoms with Gasteiger partial charge in [0, 0.05) is 25.4 Å². The summed E-state index contributed by atoms with van der Waals surface area (Å²) >= 11 is 0. The SMILES string of the molecule is COC(C)(C)CCn1cccc(C)c1=O. The minimum Gasteiger partial charge on any atom is -0.379 e. The van der Waals surface area contributed by atoms with E-state index in [9.17, 15) is 4.79 Å². The van der Waals surface area contributed by atoms with Crippen LogP contribution < -0.4 is 5.56 Å². The highest BCUT2D eigenvalue weighted by Gasteiger charge is 2.16. The van der Waals surface area contributed by atoms with Gasteiger partial charge in [-0.1, -0.05) is 6.07 Å². The van der Waals surface area contributed by atoms with Crippen LogP contribution in [0.1, 0.15) is 25.8 Å². The summed E-state index contributed by atoms with van der Waals surface area (Å²) in [5.74, 6) is 0. The van der Waals surface area contributed by atoms with Gasteiger partial charge in [-0.25, -0.2) is 0 Å². The lowest BCUT2D eigenvalue weighted by Gasteiger charge is -2.23. The van der Waals surface area contributed by atoms with Crippen molar-refractivity contribution in [3.05, 3.63) is 34.2 Å². The van der Waals surface area contributed by atoms with Crippen LogP contribution in [0.15, 0.2) is 23.1 Å². The maximum Gasteiger partial charge on any atom is 0.253 e. The third-order valence-electron chi connectivity index (χ3n) is 2.72. The molecule has 84 valence electrons. The summed E-state index contributed by atoms with van der Waals surface area (Å²) in [6.45, 7) is 6.57. The summed E-state index contributed by atoms with van der Waals surface area (Å²) in [6, 6.07) is 3.73. The number of nitrogens with zero attached hydrogens (tertiary/aromatic N) is 1. The van der Waals surface area contributed by atoms with Crippen molar-refractivity contribution in [2.45, 2.75) is 39.3 Å². The van der Waals surface area contributed by atoms with E-state index >= 15 is 0 Å². The molecule has 0 atom stereocenters. The third-order valence-corrected chi connectivity index (χ3v) is 2.72. The van der Waals surface area contributed by atoms with Crippen molar-refractivity contribution >= 4 is 0 Å². The molecule has 0 N–H and O–H groups in total. The second-order valence-corrected chi connectivity index (χ2v) is 4.40. The van der Waals surface area contributed by atoms with E-state index < -0.39 is 0 Å². The molecule has 0 bridgehead atoms. The Bertz CT molecular complexity index is 379. The maximum absolute atomic E-state index is 11.7. The molecule has 0 radical (unpaired) electrons. The van der Waals surface area contributed by atoms with Gasteiger partial charge in [0.1, 0.15) is 0 Å². The van der Waals surface area contributed by atoms with E-state index in [0.717, 1.165) is 12.0 Å². The van der Waals surface area contributed by atoms with Gasteiger partial charge in [-0.05, 0) is 33.3 Å². The van der Waals surface area contributed by atoms with E-state index in [1.165, 1.54) is 0 Å². The van der Waals surface area contributed by atoms with E-state index in [1.54, 1.807) is 11.7 Å². The van der Waals surface area contributed by atoms with Gasteiger partial charge >= 0.3 is 0 Å². The Morgan fingerprint density at radius 2 is 2.13 bits per heavy atom. The van der Waals surface area contributed by atoms with Gasteiger partial charge in [0.15, 0.2) is 0 Å². The zero-order chi connectivity index (χ0) is 11.5. The fourth-order valence-electron chi connectivity index (χ4n) is 1.32. The fourth-order valence-corrected chi connectivity index (χ4v) is 1.32. The molecule has 0 aliphatic carbocycles. The third kappa shape index (κ3) is 3.20. The zero-order valence-electron chi connectivity index (χ0n) is 9.91. The Labute approximate surface area is 90.7 Å². The van der Waals surface area contributed by atoms with Gasteiger partial charge in [-0.15, -0.1) is 0 Å². The highest BCUT2D eigenvalue weighted by Crippen LogP contribution is 2.13. The average molecular weight is 209 g/mol. The molecule has 0 aromatic carbocycles. The molecule has 3 nitrogen and oxygen atoms in total. The smallest absolute Gasteiger partial charge is 0.253 e. The number of aryl methyl sites for hydroxylation is 2. The van der Waals surface area contributed by atoms with Gasteiger partial charge in [-0.3, -0.25) is 4.79 Å². The number of methoxy groups -OCH3 is 1. The number of hydrogen-bond donors (Lipinski definition) is 0. The molecule has 1 aromatic rings. The first-order valence-electron chi connectivity index (χ1n) is 5.17. The first kappa shape index (κ1) is 12.0. The summed E-state index contributed by atoms with van der Waals surface area (Å²) in [4.78, 5) is 11.7. The number of hydrogen-bond acceptors (Lipinski definition) is 2. The summed E-state index contributed by atoms with van der Waals surface area (Å²) < 4.78 is 7.05. The number of rotatable bonds is 4. The van der Waals surface area contributed by atoms with Crippen LogP contribution in [0.4, 0.5) is 0 Å². The lowest BCUT2D eigenvalue weighted by atomic mass is 10.1. The topological polar surface area (TPSA) is 31.2 Å². The standard InChI is InChI=1S/C12H19NO2/c1-10-6-5-8-13(11(10)14)9-7-12(2,3)15-4/h5-6,8H,7,9H2,1-4H3. The Morgan fingerprint density at radius 1 is 1.47 bits per heavy atom. The molecule has 0 spiro atoms. The lowest BCUT2D eigenvalue weighted by molar-refractivity contribution is 0.0118. The van der Waals surface area contributed by atoms with Gasteiger partial charge in [0.2, 0.25) is 0 Å². The largest absolute Gasteiger partial charge is 0.379 e. The van der Waals surface area contributed by atoms with E-state index in [0.29, 0.717) is 6.54 Å². The highest BCUT2D eigenvalue weighted by atomic mass is 16.5. The Morgan fingerprint density at radius 3 is 2.73 bits per heavy atom. The molecule has 0 fully saturated rings. The molecular weight excluding hydrogens is 190 g/mol. The normalized spacial score (nSPS) is 11.7. The van der Waals surface area contributed by atoms with E-state index in [-0.39, 0.29) is 11.2 Å². The molecule has 0 unspecified atom stereocenters. The molecule has 0 saturated heterocycles. The Kier molecular flexibility index (Phi) is 3.69. The van der Waals surface area contributed by atoms with E-state index in [4.69, 9.17) is 4.74 Å². The van der Waals surface area contributed by atoms with Crippen molar-refractivity contribution in [2.75, 3.05) is 7.11 Å². The van der Waals surface area contributed by atoms with Crippen molar-refractivity contribution in [3.63, 3.8) is 0 Å². The molecule has 15 heavy (non-hydrogen) atoms. The van der Waals surface area contributed by atoms with Gasteiger partial charge in [0.25, 0.3) is 5.56 Å². The molecule has 1 aromatic heterocycles. The number of pyridine rings is 1. The van der Waals surface area contributed by atoms with Crippen molar-refractivity contribution in [1.82, 2.24) is 4.57 Å². The number of aromatic nitrogens is 1. The van der Waals surface area contributed by atoms with Crippen LogP contribution in [0, 0.1) is 6.92 Å². The van der Waals surface area contributed by atoms with Crippen LogP contribution >= 0.6 is 0 Å². The summed E-state index contributed by atoms with van der Waals surface area (Å²) in [7, 11) is 1.69. The lowest BCUT2D eigenvalue weighted by Crippen LogP contribution is -2.28. The minimum absolute atomic E-state index is 0.0874. The van der Waals surface area contributed by atoms with Crippen LogP contribution in [-0.4, -0.2) is 17.3 Å². The van der Waals surface area contributed by atoms with Crippen LogP contribution in [0.5, 0.6) is 0 Å². The van der Waals surface area contributed by atoms with Crippen LogP contribution in [0.25, 0.3) is 0 Å². The fraction of sp³-hybridized carbons (Fsp3) is 0.583. The average Bonchev–Trinajstić information content (AvgIpc) is 2.20. The minimum atomic E-state index is -0.177. The molecular formula is C12H19NO2. The predicted molar refractivity (Wildman–Crippen MR) is 61.1 cm³/mol. The van der Waals surface area contributed by atoms with Crippen molar-refractivity contribution < 1.29 is 4.74 Å². The molecule has 0 aliphatic heterocycles.